The standard InChI is InChI=1S/C17H15NO5S/c19-15(14-6-3-9-24-14)11-4-1-2-5-12(11)16(20)18-7-8-23-13(10-18)17(21)22/h1-6,9,13H,7-8,10H2,(H,21,22)/t13-/m1/s1. The van der Waals surface area contributed by atoms with E-state index in [9.17, 15) is 14.4 Å². The summed E-state index contributed by atoms with van der Waals surface area (Å²) in [7, 11) is 0. The molecule has 24 heavy (non-hydrogen) atoms. The highest BCUT2D eigenvalue weighted by Gasteiger charge is 2.31. The van der Waals surface area contributed by atoms with Crippen molar-refractivity contribution in [3.63, 3.8) is 0 Å². The number of carbonyl (C=O) groups excluding carboxylic acids is 2. The van der Waals surface area contributed by atoms with Crippen LogP contribution in [0.5, 0.6) is 0 Å². The molecule has 2 aromatic rings. The van der Waals surface area contributed by atoms with Crippen LogP contribution in [0.3, 0.4) is 0 Å². The van der Waals surface area contributed by atoms with Crippen LogP contribution in [-0.4, -0.2) is 53.5 Å². The molecule has 1 atom stereocenters. The smallest absolute Gasteiger partial charge is 0.334 e. The molecular formula is C17H15NO5S. The van der Waals surface area contributed by atoms with Crippen LogP contribution < -0.4 is 0 Å². The molecule has 6 nitrogen and oxygen atoms in total. The van der Waals surface area contributed by atoms with Crippen LogP contribution >= 0.6 is 11.3 Å². The van der Waals surface area contributed by atoms with Gasteiger partial charge in [0.05, 0.1) is 23.6 Å². The first kappa shape index (κ1) is 16.4. The maximum Gasteiger partial charge on any atom is 0.334 e. The fourth-order valence-electron chi connectivity index (χ4n) is 2.56. The van der Waals surface area contributed by atoms with E-state index in [1.165, 1.54) is 16.2 Å². The molecule has 0 unspecified atom stereocenters. The van der Waals surface area contributed by atoms with Gasteiger partial charge in [0, 0.05) is 12.1 Å². The van der Waals surface area contributed by atoms with Gasteiger partial charge < -0.3 is 14.7 Å². The van der Waals surface area contributed by atoms with E-state index in [0.29, 0.717) is 17.0 Å². The highest BCUT2D eigenvalue weighted by atomic mass is 32.1. The van der Waals surface area contributed by atoms with E-state index >= 15 is 0 Å². The third-order valence-electron chi connectivity index (χ3n) is 3.78. The van der Waals surface area contributed by atoms with Crippen molar-refractivity contribution in [3.05, 3.63) is 57.8 Å². The van der Waals surface area contributed by atoms with Crippen molar-refractivity contribution >= 4 is 29.0 Å². The maximum atomic E-state index is 12.8. The molecule has 124 valence electrons. The zero-order valence-corrected chi connectivity index (χ0v) is 13.5. The van der Waals surface area contributed by atoms with E-state index in [2.05, 4.69) is 0 Å². The largest absolute Gasteiger partial charge is 0.479 e. The number of ether oxygens (including phenoxy) is 1. The number of morpholine rings is 1. The topological polar surface area (TPSA) is 83.9 Å². The van der Waals surface area contributed by atoms with Gasteiger partial charge in [0.25, 0.3) is 5.91 Å². The van der Waals surface area contributed by atoms with Gasteiger partial charge in [-0.05, 0) is 17.5 Å². The van der Waals surface area contributed by atoms with Crippen LogP contribution in [0, 0.1) is 0 Å². The summed E-state index contributed by atoms with van der Waals surface area (Å²) < 4.78 is 5.13. The van der Waals surface area contributed by atoms with Gasteiger partial charge in [-0.2, -0.15) is 0 Å². The van der Waals surface area contributed by atoms with Gasteiger partial charge in [0.1, 0.15) is 0 Å². The third-order valence-corrected chi connectivity index (χ3v) is 4.64. The number of ketones is 1. The molecule has 0 bridgehead atoms. The second kappa shape index (κ2) is 6.94. The molecule has 0 spiro atoms. The number of amides is 1. The van der Waals surface area contributed by atoms with E-state index in [1.807, 2.05) is 0 Å². The summed E-state index contributed by atoms with van der Waals surface area (Å²) >= 11 is 1.31. The minimum Gasteiger partial charge on any atom is -0.479 e. The number of hydrogen-bond donors (Lipinski definition) is 1. The SMILES string of the molecule is O=C(c1cccs1)c1ccccc1C(=O)N1CCO[C@@H](C(=O)O)C1. The van der Waals surface area contributed by atoms with Crippen molar-refractivity contribution < 1.29 is 24.2 Å². The maximum absolute atomic E-state index is 12.8. The predicted octanol–water partition coefficient (Wildman–Crippen LogP) is 1.90. The molecular weight excluding hydrogens is 330 g/mol. The fourth-order valence-corrected chi connectivity index (χ4v) is 3.24. The summed E-state index contributed by atoms with van der Waals surface area (Å²) in [4.78, 5) is 38.4. The van der Waals surface area contributed by atoms with Gasteiger partial charge in [0.2, 0.25) is 5.78 Å². The summed E-state index contributed by atoms with van der Waals surface area (Å²) in [6, 6.07) is 10.1. The number of rotatable bonds is 4. The lowest BCUT2D eigenvalue weighted by atomic mass is 10.0. The van der Waals surface area contributed by atoms with Gasteiger partial charge in [-0.15, -0.1) is 11.3 Å². The second-order valence-corrected chi connectivity index (χ2v) is 6.25. The molecule has 0 radical (unpaired) electrons. The molecule has 1 N–H and O–H groups in total. The van der Waals surface area contributed by atoms with Crippen LogP contribution in [0.4, 0.5) is 0 Å². The Morgan fingerprint density at radius 2 is 1.88 bits per heavy atom. The van der Waals surface area contributed by atoms with E-state index in [4.69, 9.17) is 9.84 Å². The molecule has 1 saturated heterocycles. The fraction of sp³-hybridized carbons (Fsp3) is 0.235. The lowest BCUT2D eigenvalue weighted by Gasteiger charge is -2.31. The van der Waals surface area contributed by atoms with Gasteiger partial charge in [-0.3, -0.25) is 9.59 Å². The first-order chi connectivity index (χ1) is 11.6. The molecule has 0 saturated carbocycles. The Labute approximate surface area is 142 Å². The van der Waals surface area contributed by atoms with Crippen LogP contribution in [0.25, 0.3) is 0 Å². The van der Waals surface area contributed by atoms with Gasteiger partial charge in [-0.25, -0.2) is 4.79 Å². The number of thiophene rings is 1. The zero-order chi connectivity index (χ0) is 17.1. The first-order valence-corrected chi connectivity index (χ1v) is 8.27. The Hall–Kier alpha value is -2.51. The number of aliphatic carboxylic acids is 1. The minimum atomic E-state index is -1.10. The number of benzene rings is 1. The normalized spacial score (nSPS) is 17.5. The zero-order valence-electron chi connectivity index (χ0n) is 12.7. The number of carboxylic acid groups (broad SMARTS) is 1. The van der Waals surface area contributed by atoms with Crippen molar-refractivity contribution in [2.45, 2.75) is 6.10 Å². The highest BCUT2D eigenvalue weighted by molar-refractivity contribution is 7.12. The highest BCUT2D eigenvalue weighted by Crippen LogP contribution is 2.20. The average molecular weight is 345 g/mol. The lowest BCUT2D eigenvalue weighted by molar-refractivity contribution is -0.154. The molecule has 2 heterocycles. The summed E-state index contributed by atoms with van der Waals surface area (Å²) in [6.07, 6.45) is -1.04. The van der Waals surface area contributed by atoms with E-state index < -0.39 is 12.1 Å². The van der Waals surface area contributed by atoms with Gasteiger partial charge in [0.15, 0.2) is 6.10 Å². The van der Waals surface area contributed by atoms with Crippen LogP contribution in [0.1, 0.15) is 25.6 Å². The molecule has 1 aromatic heterocycles. The molecule has 7 heteroatoms. The summed E-state index contributed by atoms with van der Waals surface area (Å²) in [5.41, 5.74) is 0.602. The van der Waals surface area contributed by atoms with Crippen molar-refractivity contribution in [1.82, 2.24) is 4.90 Å². The molecule has 1 aromatic carbocycles. The van der Waals surface area contributed by atoms with E-state index in [1.54, 1.807) is 41.8 Å². The van der Waals surface area contributed by atoms with Crippen LogP contribution in [0.2, 0.25) is 0 Å². The van der Waals surface area contributed by atoms with Crippen molar-refractivity contribution in [1.29, 1.82) is 0 Å². The van der Waals surface area contributed by atoms with Crippen molar-refractivity contribution in [3.8, 4) is 0 Å². The molecule has 1 aliphatic rings. The van der Waals surface area contributed by atoms with Gasteiger partial charge >= 0.3 is 5.97 Å². The Morgan fingerprint density at radius 1 is 1.12 bits per heavy atom. The number of nitrogens with zero attached hydrogens (tertiary/aromatic N) is 1. The van der Waals surface area contributed by atoms with E-state index in [0.717, 1.165) is 0 Å². The minimum absolute atomic E-state index is 0.0321. The first-order valence-electron chi connectivity index (χ1n) is 7.39. The Morgan fingerprint density at radius 3 is 2.54 bits per heavy atom. The van der Waals surface area contributed by atoms with Crippen LogP contribution in [0.15, 0.2) is 41.8 Å². The van der Waals surface area contributed by atoms with Gasteiger partial charge in [-0.1, -0.05) is 24.3 Å². The molecule has 1 amide bonds. The molecule has 3 rings (SSSR count). The predicted molar refractivity (Wildman–Crippen MR) is 87.5 cm³/mol. The quantitative estimate of drug-likeness (QED) is 0.856. The molecule has 0 aliphatic carbocycles. The Balaban J connectivity index is 1.88. The van der Waals surface area contributed by atoms with Crippen LogP contribution in [-0.2, 0) is 9.53 Å². The molecule has 1 fully saturated rings. The number of hydrogen-bond acceptors (Lipinski definition) is 5. The third kappa shape index (κ3) is 3.22. The monoisotopic (exact) mass is 345 g/mol. The van der Waals surface area contributed by atoms with Crippen molar-refractivity contribution in [2.24, 2.45) is 0 Å². The second-order valence-electron chi connectivity index (χ2n) is 5.30. The lowest BCUT2D eigenvalue weighted by Crippen LogP contribution is -2.48. The van der Waals surface area contributed by atoms with E-state index in [-0.39, 0.29) is 30.4 Å². The number of carbonyl (C=O) groups is 3. The summed E-state index contributed by atoms with van der Waals surface area (Å²) in [5.74, 6) is -1.67. The summed E-state index contributed by atoms with van der Waals surface area (Å²) in [6.45, 7) is 0.420. The molecule has 1 aliphatic heterocycles. The summed E-state index contributed by atoms with van der Waals surface area (Å²) in [5, 5.41) is 10.9. The average Bonchev–Trinajstić information content (AvgIpc) is 3.15. The number of carboxylic acids is 1. The van der Waals surface area contributed by atoms with Crippen molar-refractivity contribution in [2.75, 3.05) is 19.7 Å². The Bertz CT molecular complexity index is 771. The Kier molecular flexibility index (Phi) is 4.73.